The number of rotatable bonds is 10. The Bertz CT molecular complexity index is 624. The average Bonchev–Trinajstić information content (AvgIpc) is 2.84. The Morgan fingerprint density at radius 2 is 1.55 bits per heavy atom. The predicted octanol–water partition coefficient (Wildman–Crippen LogP) is 9.68. The van der Waals surface area contributed by atoms with Crippen molar-refractivity contribution in [3.05, 3.63) is 29.8 Å². The summed E-state index contributed by atoms with van der Waals surface area (Å²) in [6.07, 6.45) is 21.5. The summed E-state index contributed by atoms with van der Waals surface area (Å²) >= 11 is 0. The number of ether oxygens (including phenoxy) is 1. The minimum atomic E-state index is -1.27. The minimum absolute atomic E-state index is 0.379. The van der Waals surface area contributed by atoms with E-state index in [1.54, 1.807) is 50.7 Å². The van der Waals surface area contributed by atoms with Crippen LogP contribution in [0.4, 0.5) is 4.79 Å². The Kier molecular flexibility index (Phi) is 13.6. The molecule has 1 atom stereocenters. The summed E-state index contributed by atoms with van der Waals surface area (Å²) in [6.45, 7) is 6.98. The average molecular weight is 459 g/mol. The van der Waals surface area contributed by atoms with E-state index in [0.717, 1.165) is 30.1 Å². The number of hydrogen-bond donors (Lipinski definition) is 1. The van der Waals surface area contributed by atoms with E-state index in [1.165, 1.54) is 63.4 Å². The molecule has 0 saturated heterocycles. The predicted molar refractivity (Wildman–Crippen MR) is 139 cm³/mol. The van der Waals surface area contributed by atoms with Gasteiger partial charge in [0.25, 0.3) is 0 Å². The molecule has 0 aliphatic heterocycles. The number of carboxylic acid groups (broad SMARTS) is 1. The Balaban J connectivity index is 0.000000234. The SMILES string of the molecule is CCC(C)CC1CCC(C2CCCCC2)CC1.CCCCCCc1ccc(OC(=O)O)cc1. The zero-order valence-corrected chi connectivity index (χ0v) is 21.7. The van der Waals surface area contributed by atoms with Gasteiger partial charge in [-0.3, -0.25) is 0 Å². The second-order valence-electron chi connectivity index (χ2n) is 10.8. The Hall–Kier alpha value is -1.51. The maximum absolute atomic E-state index is 10.3. The quantitative estimate of drug-likeness (QED) is 0.215. The molecule has 1 aromatic rings. The topological polar surface area (TPSA) is 46.5 Å². The van der Waals surface area contributed by atoms with Crippen molar-refractivity contribution in [2.45, 2.75) is 124 Å². The van der Waals surface area contributed by atoms with Gasteiger partial charge >= 0.3 is 6.16 Å². The zero-order chi connectivity index (χ0) is 23.9. The molecular formula is C30H50O3. The number of hydrogen-bond acceptors (Lipinski definition) is 2. The van der Waals surface area contributed by atoms with Crippen molar-refractivity contribution in [3.8, 4) is 5.75 Å². The van der Waals surface area contributed by atoms with Gasteiger partial charge in [-0.05, 0) is 73.5 Å². The third-order valence-electron chi connectivity index (χ3n) is 8.09. The molecular weight excluding hydrogens is 408 g/mol. The van der Waals surface area contributed by atoms with Crippen LogP contribution in [0.25, 0.3) is 0 Å². The molecule has 0 bridgehead atoms. The minimum Gasteiger partial charge on any atom is -0.449 e. The Morgan fingerprint density at radius 3 is 2.12 bits per heavy atom. The first-order valence-corrected chi connectivity index (χ1v) is 14.0. The summed E-state index contributed by atoms with van der Waals surface area (Å²) in [6, 6.07) is 7.24. The molecule has 0 spiro atoms. The van der Waals surface area contributed by atoms with Crippen molar-refractivity contribution in [1.82, 2.24) is 0 Å². The van der Waals surface area contributed by atoms with E-state index in [0.29, 0.717) is 5.75 Å². The highest BCUT2D eigenvalue weighted by Gasteiger charge is 2.28. The largest absolute Gasteiger partial charge is 0.511 e. The summed E-state index contributed by atoms with van der Waals surface area (Å²) in [5.41, 5.74) is 1.23. The van der Waals surface area contributed by atoms with Gasteiger partial charge in [-0.15, -0.1) is 0 Å². The third kappa shape index (κ3) is 11.5. The van der Waals surface area contributed by atoms with Crippen molar-refractivity contribution in [2.24, 2.45) is 23.7 Å². The van der Waals surface area contributed by atoms with Crippen molar-refractivity contribution in [1.29, 1.82) is 0 Å². The fraction of sp³-hybridized carbons (Fsp3) is 0.767. The van der Waals surface area contributed by atoms with Gasteiger partial charge in [0, 0.05) is 0 Å². The summed E-state index contributed by atoms with van der Waals surface area (Å²) in [4.78, 5) is 10.3. The van der Waals surface area contributed by atoms with Gasteiger partial charge in [0.15, 0.2) is 0 Å². The van der Waals surface area contributed by atoms with Crippen molar-refractivity contribution in [3.63, 3.8) is 0 Å². The van der Waals surface area contributed by atoms with E-state index in [9.17, 15) is 4.79 Å². The number of benzene rings is 1. The molecule has 2 fully saturated rings. The van der Waals surface area contributed by atoms with Crippen molar-refractivity contribution < 1.29 is 14.6 Å². The standard InChI is InChI=1S/C17H32.C13H18O3/c1-3-14(2)13-15-9-11-17(12-10-15)16-7-5-4-6-8-16;1-2-3-4-5-6-11-7-9-12(10-8-11)16-13(14)15/h14-17H,3-13H2,1-2H3;7-10H,2-6H2,1H3,(H,14,15). The van der Waals surface area contributed by atoms with E-state index in [2.05, 4.69) is 25.5 Å². The van der Waals surface area contributed by atoms with Crippen LogP contribution in [0.2, 0.25) is 0 Å². The van der Waals surface area contributed by atoms with Crippen LogP contribution in [0.5, 0.6) is 5.75 Å². The monoisotopic (exact) mass is 458 g/mol. The normalized spacial score (nSPS) is 22.2. The maximum Gasteiger partial charge on any atom is 0.511 e. The highest BCUT2D eigenvalue weighted by Crippen LogP contribution is 2.41. The van der Waals surface area contributed by atoms with Crippen LogP contribution in [-0.2, 0) is 6.42 Å². The first kappa shape index (κ1) is 27.7. The van der Waals surface area contributed by atoms with Gasteiger partial charge in [0.05, 0.1) is 0 Å². The summed E-state index contributed by atoms with van der Waals surface area (Å²) in [5.74, 6) is 4.65. The fourth-order valence-corrected chi connectivity index (χ4v) is 5.82. The molecule has 1 unspecified atom stereocenters. The molecule has 2 aliphatic rings. The molecule has 0 heterocycles. The van der Waals surface area contributed by atoms with Gasteiger partial charge in [-0.25, -0.2) is 4.79 Å². The first-order valence-electron chi connectivity index (χ1n) is 14.0. The van der Waals surface area contributed by atoms with Crippen LogP contribution in [-0.4, -0.2) is 11.3 Å². The number of carbonyl (C=O) groups is 1. The molecule has 3 rings (SSSR count). The molecule has 2 saturated carbocycles. The lowest BCUT2D eigenvalue weighted by Gasteiger charge is -2.36. The van der Waals surface area contributed by atoms with E-state index in [1.807, 2.05) is 12.1 Å². The maximum atomic E-state index is 10.3. The highest BCUT2D eigenvalue weighted by molar-refractivity contribution is 5.61. The van der Waals surface area contributed by atoms with Gasteiger partial charge in [-0.1, -0.05) is 104 Å². The highest BCUT2D eigenvalue weighted by atomic mass is 16.7. The van der Waals surface area contributed by atoms with Gasteiger partial charge in [-0.2, -0.15) is 0 Å². The van der Waals surface area contributed by atoms with Crippen LogP contribution in [0, 0.1) is 23.7 Å². The van der Waals surface area contributed by atoms with E-state index in [4.69, 9.17) is 5.11 Å². The second kappa shape index (κ2) is 16.2. The Labute approximate surface area is 203 Å². The van der Waals surface area contributed by atoms with E-state index >= 15 is 0 Å². The molecule has 0 amide bonds. The van der Waals surface area contributed by atoms with Crippen LogP contribution >= 0.6 is 0 Å². The molecule has 1 N–H and O–H groups in total. The van der Waals surface area contributed by atoms with E-state index in [-0.39, 0.29) is 0 Å². The van der Waals surface area contributed by atoms with Crippen molar-refractivity contribution >= 4 is 6.16 Å². The lowest BCUT2D eigenvalue weighted by molar-refractivity contribution is 0.144. The molecule has 3 heteroatoms. The summed E-state index contributed by atoms with van der Waals surface area (Å²) < 4.78 is 4.53. The molecule has 188 valence electrons. The molecule has 3 nitrogen and oxygen atoms in total. The zero-order valence-electron chi connectivity index (χ0n) is 21.7. The second-order valence-corrected chi connectivity index (χ2v) is 10.8. The van der Waals surface area contributed by atoms with Crippen molar-refractivity contribution in [2.75, 3.05) is 0 Å². The molecule has 0 aromatic heterocycles. The van der Waals surface area contributed by atoms with Gasteiger partial charge < -0.3 is 9.84 Å². The van der Waals surface area contributed by atoms with E-state index < -0.39 is 6.16 Å². The lowest BCUT2D eigenvalue weighted by atomic mass is 9.70. The third-order valence-corrected chi connectivity index (χ3v) is 8.09. The molecule has 33 heavy (non-hydrogen) atoms. The molecule has 1 aromatic carbocycles. The van der Waals surface area contributed by atoms with Gasteiger partial charge in [0.2, 0.25) is 0 Å². The first-order chi connectivity index (χ1) is 16.0. The molecule has 2 aliphatic carbocycles. The van der Waals surface area contributed by atoms with Crippen LogP contribution in [0.3, 0.4) is 0 Å². The summed E-state index contributed by atoms with van der Waals surface area (Å²) in [7, 11) is 0. The fourth-order valence-electron chi connectivity index (χ4n) is 5.82. The van der Waals surface area contributed by atoms with Crippen LogP contribution in [0.15, 0.2) is 24.3 Å². The van der Waals surface area contributed by atoms with Crippen LogP contribution < -0.4 is 4.74 Å². The van der Waals surface area contributed by atoms with Gasteiger partial charge in [0.1, 0.15) is 5.75 Å². The molecule has 0 radical (unpaired) electrons. The lowest BCUT2D eigenvalue weighted by Crippen LogP contribution is -2.24. The number of unbranched alkanes of at least 4 members (excludes halogenated alkanes) is 3. The Morgan fingerprint density at radius 1 is 0.909 bits per heavy atom. The smallest absolute Gasteiger partial charge is 0.449 e. The van der Waals surface area contributed by atoms with Crippen LogP contribution in [0.1, 0.15) is 123 Å². The number of aryl methyl sites for hydroxylation is 1. The summed E-state index contributed by atoms with van der Waals surface area (Å²) in [5, 5.41) is 8.41.